The predicted octanol–water partition coefficient (Wildman–Crippen LogP) is -2.33. The Hall–Kier alpha value is -0.530. The van der Waals surface area contributed by atoms with Crippen molar-refractivity contribution in [3.05, 3.63) is 0 Å². The summed E-state index contributed by atoms with van der Waals surface area (Å²) < 4.78 is 0. The number of ketones is 1. The zero-order valence-corrected chi connectivity index (χ0v) is 6.56. The van der Waals surface area contributed by atoms with Gasteiger partial charge in [-0.05, 0) is 0 Å². The van der Waals surface area contributed by atoms with Gasteiger partial charge in [0.25, 0.3) is 5.78 Å². The molecule has 0 spiro atoms. The van der Waals surface area contributed by atoms with Gasteiger partial charge >= 0.3 is 5.97 Å². The number of Topliss-reactive ketones (excluding diaryl/α,β-unsaturated/α-hetero) is 1. The van der Waals surface area contributed by atoms with Crippen LogP contribution >= 0.6 is 0 Å². The van der Waals surface area contributed by atoms with Crippen LogP contribution in [-0.2, 0) is 4.79 Å². The third-order valence-corrected chi connectivity index (χ3v) is 1.27. The van der Waals surface area contributed by atoms with Gasteiger partial charge in [-0.1, -0.05) is 13.3 Å². The molecule has 5 N–H and O–H groups in total. The van der Waals surface area contributed by atoms with Crippen LogP contribution in [0.1, 0.15) is 19.8 Å². The van der Waals surface area contributed by atoms with E-state index in [-0.39, 0.29) is 12.8 Å². The van der Waals surface area contributed by atoms with Crippen molar-refractivity contribution < 1.29 is 30.3 Å². The highest BCUT2D eigenvalue weighted by Gasteiger charge is 2.45. The van der Waals surface area contributed by atoms with Gasteiger partial charge in [0.2, 0.25) is 5.79 Å². The van der Waals surface area contributed by atoms with E-state index in [1.54, 1.807) is 6.92 Å². The lowest BCUT2D eigenvalue weighted by Gasteiger charge is -2.23. The van der Waals surface area contributed by atoms with Gasteiger partial charge in [0.15, 0.2) is 0 Å². The first-order valence-corrected chi connectivity index (χ1v) is 3.38. The summed E-state index contributed by atoms with van der Waals surface area (Å²) in [5.74, 6) is -8.44. The molecule has 0 radical (unpaired) electrons. The Morgan fingerprint density at radius 2 is 1.58 bits per heavy atom. The maximum atomic E-state index is 10.6. The van der Waals surface area contributed by atoms with Gasteiger partial charge < -0.3 is 25.5 Å². The van der Waals surface area contributed by atoms with E-state index in [0.29, 0.717) is 0 Å². The van der Waals surface area contributed by atoms with Crippen molar-refractivity contribution in [2.24, 2.45) is 0 Å². The SMILES string of the molecule is CCCC(O)(O)C(=O)C(O)(O)O. The second kappa shape index (κ2) is 3.46. The Balaban J connectivity index is 4.46. The van der Waals surface area contributed by atoms with Gasteiger partial charge in [-0.15, -0.1) is 0 Å². The molecule has 0 saturated heterocycles. The van der Waals surface area contributed by atoms with E-state index < -0.39 is 17.5 Å². The maximum Gasteiger partial charge on any atom is 0.344 e. The molecular weight excluding hydrogens is 168 g/mol. The van der Waals surface area contributed by atoms with Gasteiger partial charge in [0.1, 0.15) is 0 Å². The highest BCUT2D eigenvalue weighted by molar-refractivity contribution is 5.89. The fourth-order valence-corrected chi connectivity index (χ4v) is 0.731. The van der Waals surface area contributed by atoms with Crippen molar-refractivity contribution in [3.63, 3.8) is 0 Å². The molecule has 0 aromatic heterocycles. The molecule has 12 heavy (non-hydrogen) atoms. The second-order valence-electron chi connectivity index (χ2n) is 2.53. The summed E-state index contributed by atoms with van der Waals surface area (Å²) in [6.45, 7) is 1.56. The molecule has 0 rings (SSSR count). The molecule has 0 saturated carbocycles. The third kappa shape index (κ3) is 2.84. The normalized spacial score (nSPS) is 13.2. The molecule has 0 aromatic rings. The van der Waals surface area contributed by atoms with Gasteiger partial charge in [-0.3, -0.25) is 4.79 Å². The second-order valence-corrected chi connectivity index (χ2v) is 2.53. The minimum atomic E-state index is -3.70. The molecule has 72 valence electrons. The Labute approximate surface area is 68.7 Å². The zero-order valence-electron chi connectivity index (χ0n) is 6.56. The Bertz CT molecular complexity index is 167. The molecule has 0 bridgehead atoms. The first-order valence-electron chi connectivity index (χ1n) is 3.38. The molecule has 0 fully saturated rings. The lowest BCUT2D eigenvalue weighted by atomic mass is 10.1. The highest BCUT2D eigenvalue weighted by Crippen LogP contribution is 2.15. The molecule has 0 heterocycles. The van der Waals surface area contributed by atoms with E-state index in [9.17, 15) is 4.79 Å². The van der Waals surface area contributed by atoms with Crippen molar-refractivity contribution in [1.82, 2.24) is 0 Å². The molecule has 0 aliphatic carbocycles. The number of hydrogen-bond donors (Lipinski definition) is 5. The van der Waals surface area contributed by atoms with E-state index in [0.717, 1.165) is 0 Å². The van der Waals surface area contributed by atoms with Crippen LogP contribution in [0.15, 0.2) is 0 Å². The van der Waals surface area contributed by atoms with E-state index in [1.165, 1.54) is 0 Å². The standard InChI is InChI=1S/C6H12O6/c1-2-3-5(8,9)4(7)6(10,11)12/h8-12H,2-3H2,1H3. The van der Waals surface area contributed by atoms with Gasteiger partial charge in [-0.25, -0.2) is 0 Å². The van der Waals surface area contributed by atoms with Crippen LogP contribution < -0.4 is 0 Å². The summed E-state index contributed by atoms with van der Waals surface area (Å²) in [6.07, 6.45) is -0.135. The first-order chi connectivity index (χ1) is 5.22. The summed E-state index contributed by atoms with van der Waals surface area (Å²) in [5.41, 5.74) is 0. The molecule has 6 nitrogen and oxygen atoms in total. The monoisotopic (exact) mass is 180 g/mol. The number of carbonyl (C=O) groups excluding carboxylic acids is 1. The van der Waals surface area contributed by atoms with Crippen molar-refractivity contribution >= 4 is 5.78 Å². The van der Waals surface area contributed by atoms with Crippen molar-refractivity contribution in [1.29, 1.82) is 0 Å². The Morgan fingerprint density at radius 3 is 1.83 bits per heavy atom. The molecule has 0 aliphatic heterocycles. The van der Waals surface area contributed by atoms with E-state index in [2.05, 4.69) is 0 Å². The average Bonchev–Trinajstić information content (AvgIpc) is 1.84. The summed E-state index contributed by atoms with van der Waals surface area (Å²) >= 11 is 0. The molecule has 0 unspecified atom stereocenters. The first kappa shape index (κ1) is 11.5. The lowest BCUT2D eigenvalue weighted by molar-refractivity contribution is -0.308. The summed E-state index contributed by atoms with van der Waals surface area (Å²) in [4.78, 5) is 10.6. The smallest absolute Gasteiger partial charge is 0.344 e. The van der Waals surface area contributed by atoms with Crippen LogP contribution in [0, 0.1) is 0 Å². The summed E-state index contributed by atoms with van der Waals surface area (Å²) in [5, 5.41) is 42.6. The molecule has 6 heteroatoms. The number of carbonyl (C=O) groups is 1. The predicted molar refractivity (Wildman–Crippen MR) is 36.5 cm³/mol. The zero-order chi connectivity index (χ0) is 9.99. The Kier molecular flexibility index (Phi) is 3.31. The van der Waals surface area contributed by atoms with Crippen LogP contribution in [0.3, 0.4) is 0 Å². The van der Waals surface area contributed by atoms with Crippen molar-refractivity contribution in [2.75, 3.05) is 0 Å². The Morgan fingerprint density at radius 1 is 1.17 bits per heavy atom. The number of hydrogen-bond acceptors (Lipinski definition) is 6. The lowest BCUT2D eigenvalue weighted by Crippen LogP contribution is -2.53. The molecular formula is C6H12O6. The molecule has 0 aliphatic rings. The van der Waals surface area contributed by atoms with Gasteiger partial charge in [-0.2, -0.15) is 0 Å². The number of rotatable bonds is 4. The minimum absolute atomic E-state index is 0.245. The maximum absolute atomic E-state index is 10.6. The minimum Gasteiger partial charge on any atom is -0.359 e. The third-order valence-electron chi connectivity index (χ3n) is 1.27. The van der Waals surface area contributed by atoms with Gasteiger partial charge in [0, 0.05) is 6.42 Å². The fraction of sp³-hybridized carbons (Fsp3) is 0.833. The highest BCUT2D eigenvalue weighted by atomic mass is 16.7. The quantitative estimate of drug-likeness (QED) is 0.309. The van der Waals surface area contributed by atoms with Crippen LogP contribution in [0.25, 0.3) is 0 Å². The van der Waals surface area contributed by atoms with Crippen LogP contribution in [0.4, 0.5) is 0 Å². The van der Waals surface area contributed by atoms with E-state index in [1.807, 2.05) is 0 Å². The summed E-state index contributed by atoms with van der Waals surface area (Å²) in [6, 6.07) is 0. The van der Waals surface area contributed by atoms with E-state index in [4.69, 9.17) is 25.5 Å². The van der Waals surface area contributed by atoms with Crippen LogP contribution in [0.5, 0.6) is 0 Å². The number of aliphatic hydroxyl groups is 5. The van der Waals surface area contributed by atoms with Crippen LogP contribution in [-0.4, -0.2) is 43.1 Å². The topological polar surface area (TPSA) is 118 Å². The van der Waals surface area contributed by atoms with Crippen molar-refractivity contribution in [2.45, 2.75) is 31.5 Å². The molecule has 0 atom stereocenters. The van der Waals surface area contributed by atoms with Gasteiger partial charge in [0.05, 0.1) is 0 Å². The van der Waals surface area contributed by atoms with Crippen LogP contribution in [0.2, 0.25) is 0 Å². The van der Waals surface area contributed by atoms with E-state index >= 15 is 0 Å². The summed E-state index contributed by atoms with van der Waals surface area (Å²) in [7, 11) is 0. The molecule has 0 amide bonds. The molecule has 0 aromatic carbocycles. The largest absolute Gasteiger partial charge is 0.359 e. The average molecular weight is 180 g/mol. The fourth-order valence-electron chi connectivity index (χ4n) is 0.731. The van der Waals surface area contributed by atoms with Crippen molar-refractivity contribution in [3.8, 4) is 0 Å².